The molecule has 0 atom stereocenters. The van der Waals surface area contributed by atoms with Gasteiger partial charge in [0.25, 0.3) is 5.91 Å². The van der Waals surface area contributed by atoms with Gasteiger partial charge >= 0.3 is 5.69 Å². The van der Waals surface area contributed by atoms with Crippen LogP contribution in [0.3, 0.4) is 0 Å². The molecule has 2 aromatic rings. The van der Waals surface area contributed by atoms with Crippen LogP contribution in [0.2, 0.25) is 5.02 Å². The van der Waals surface area contributed by atoms with Gasteiger partial charge in [0.1, 0.15) is 5.82 Å². The lowest BCUT2D eigenvalue weighted by atomic mass is 10.1. The van der Waals surface area contributed by atoms with Crippen LogP contribution >= 0.6 is 11.6 Å². The van der Waals surface area contributed by atoms with Crippen LogP contribution in [0.1, 0.15) is 21.6 Å². The van der Waals surface area contributed by atoms with Gasteiger partial charge in [0.2, 0.25) is 0 Å². The molecule has 0 saturated carbocycles. The lowest BCUT2D eigenvalue weighted by molar-refractivity contribution is 0.102. The maximum absolute atomic E-state index is 12.1. The summed E-state index contributed by atoms with van der Waals surface area (Å²) >= 11 is 5.83. The highest BCUT2D eigenvalue weighted by molar-refractivity contribution is 6.30. The number of carbonyl (C=O) groups excluding carboxylic acids is 1. The van der Waals surface area contributed by atoms with E-state index in [0.29, 0.717) is 16.3 Å². The molecule has 0 unspecified atom stereocenters. The molecule has 0 bridgehead atoms. The highest BCUT2D eigenvalue weighted by Crippen LogP contribution is 2.16. The van der Waals surface area contributed by atoms with Gasteiger partial charge in [-0.15, -0.1) is 0 Å². The van der Waals surface area contributed by atoms with Crippen molar-refractivity contribution in [3.8, 4) is 0 Å². The van der Waals surface area contributed by atoms with Crippen molar-refractivity contribution in [1.82, 2.24) is 9.97 Å². The highest BCUT2D eigenvalue weighted by atomic mass is 35.5. The highest BCUT2D eigenvalue weighted by Gasteiger charge is 2.10. The SMILES string of the molecule is Cc1cc(NC(=O)c2ccc(Cl)cc2C)nc(=O)[nH]1. The number of carbonyl (C=O) groups is 1. The summed E-state index contributed by atoms with van der Waals surface area (Å²) in [6.07, 6.45) is 0. The molecule has 1 aromatic carbocycles. The largest absolute Gasteiger partial charge is 0.347 e. The maximum atomic E-state index is 12.1. The van der Waals surface area contributed by atoms with Gasteiger partial charge in [-0.3, -0.25) is 4.79 Å². The predicted molar refractivity (Wildman–Crippen MR) is 73.7 cm³/mol. The molecule has 6 heteroatoms. The second kappa shape index (κ2) is 5.24. The van der Waals surface area contributed by atoms with E-state index in [9.17, 15) is 9.59 Å². The van der Waals surface area contributed by atoms with Crippen molar-refractivity contribution in [2.24, 2.45) is 0 Å². The van der Waals surface area contributed by atoms with Crippen molar-refractivity contribution in [1.29, 1.82) is 0 Å². The summed E-state index contributed by atoms with van der Waals surface area (Å²) in [6, 6.07) is 6.56. The molecule has 0 radical (unpaired) electrons. The monoisotopic (exact) mass is 277 g/mol. The van der Waals surface area contributed by atoms with Crippen LogP contribution in [0.15, 0.2) is 29.1 Å². The number of nitrogens with one attached hydrogen (secondary N) is 2. The third-order valence-corrected chi connectivity index (χ3v) is 2.79. The lowest BCUT2D eigenvalue weighted by Gasteiger charge is -2.07. The van der Waals surface area contributed by atoms with E-state index in [1.165, 1.54) is 0 Å². The fraction of sp³-hybridized carbons (Fsp3) is 0.154. The number of hydrogen-bond donors (Lipinski definition) is 2. The Hall–Kier alpha value is -2.14. The first-order valence-corrected chi connectivity index (χ1v) is 5.99. The molecule has 1 heterocycles. The van der Waals surface area contributed by atoms with Crippen LogP contribution < -0.4 is 11.0 Å². The van der Waals surface area contributed by atoms with Crippen LogP contribution in [0.5, 0.6) is 0 Å². The molecule has 0 aliphatic carbocycles. The molecular weight excluding hydrogens is 266 g/mol. The molecular formula is C13H12ClN3O2. The van der Waals surface area contributed by atoms with Gasteiger partial charge < -0.3 is 10.3 Å². The average Bonchev–Trinajstić information content (AvgIpc) is 2.26. The number of halogens is 1. The minimum absolute atomic E-state index is 0.223. The molecule has 0 aliphatic heterocycles. The summed E-state index contributed by atoms with van der Waals surface area (Å²) in [5, 5.41) is 3.16. The zero-order chi connectivity index (χ0) is 14.0. The quantitative estimate of drug-likeness (QED) is 0.884. The molecule has 1 amide bonds. The Morgan fingerprint density at radius 3 is 2.68 bits per heavy atom. The number of aromatic amines is 1. The first kappa shape index (κ1) is 13.3. The number of amides is 1. The number of H-pyrrole nitrogens is 1. The van der Waals surface area contributed by atoms with Gasteiger partial charge in [-0.05, 0) is 37.6 Å². The predicted octanol–water partition coefficient (Wildman–Crippen LogP) is 2.29. The van der Waals surface area contributed by atoms with E-state index in [2.05, 4.69) is 15.3 Å². The Balaban J connectivity index is 2.28. The van der Waals surface area contributed by atoms with Gasteiger partial charge in [0.05, 0.1) is 0 Å². The molecule has 5 nitrogen and oxygen atoms in total. The lowest BCUT2D eigenvalue weighted by Crippen LogP contribution is -2.19. The second-order valence-electron chi connectivity index (χ2n) is 4.17. The van der Waals surface area contributed by atoms with Gasteiger partial charge in [-0.2, -0.15) is 4.98 Å². The van der Waals surface area contributed by atoms with Crippen LogP contribution in [0.4, 0.5) is 5.82 Å². The third-order valence-electron chi connectivity index (χ3n) is 2.55. The number of anilines is 1. The number of hydrogen-bond acceptors (Lipinski definition) is 3. The summed E-state index contributed by atoms with van der Waals surface area (Å²) in [7, 11) is 0. The van der Waals surface area contributed by atoms with Crippen molar-refractivity contribution in [2.45, 2.75) is 13.8 Å². The fourth-order valence-corrected chi connectivity index (χ4v) is 1.94. The first-order valence-electron chi connectivity index (χ1n) is 5.61. The number of benzene rings is 1. The number of nitrogens with zero attached hydrogens (tertiary/aromatic N) is 1. The van der Waals surface area contributed by atoms with Crippen molar-refractivity contribution < 1.29 is 4.79 Å². The topological polar surface area (TPSA) is 74.8 Å². The molecule has 0 fully saturated rings. The van der Waals surface area contributed by atoms with E-state index >= 15 is 0 Å². The van der Waals surface area contributed by atoms with Crippen LogP contribution in [0.25, 0.3) is 0 Å². The van der Waals surface area contributed by atoms with Crippen molar-refractivity contribution >= 4 is 23.3 Å². The van der Waals surface area contributed by atoms with Crippen molar-refractivity contribution in [3.63, 3.8) is 0 Å². The minimum atomic E-state index is -0.497. The Bertz CT molecular complexity index is 695. The molecule has 0 aliphatic rings. The van der Waals surface area contributed by atoms with Crippen LogP contribution in [0, 0.1) is 13.8 Å². The van der Waals surface area contributed by atoms with E-state index in [1.807, 2.05) is 0 Å². The summed E-state index contributed by atoms with van der Waals surface area (Å²) in [5.74, 6) is -0.104. The summed E-state index contributed by atoms with van der Waals surface area (Å²) in [4.78, 5) is 29.5. The Morgan fingerprint density at radius 2 is 2.05 bits per heavy atom. The first-order chi connectivity index (χ1) is 8.95. The normalized spacial score (nSPS) is 10.3. The number of aromatic nitrogens is 2. The average molecular weight is 278 g/mol. The molecule has 1 aromatic heterocycles. The molecule has 0 saturated heterocycles. The fourth-order valence-electron chi connectivity index (χ4n) is 1.71. The zero-order valence-corrected chi connectivity index (χ0v) is 11.2. The summed E-state index contributed by atoms with van der Waals surface area (Å²) < 4.78 is 0. The molecule has 0 spiro atoms. The van der Waals surface area contributed by atoms with Crippen LogP contribution in [-0.2, 0) is 0 Å². The zero-order valence-electron chi connectivity index (χ0n) is 10.5. The standard InChI is InChI=1S/C13H12ClN3O2/c1-7-5-9(14)3-4-10(7)12(18)16-11-6-8(2)15-13(19)17-11/h3-6H,1-2H3,(H2,15,16,17,18,19). The number of aryl methyl sites for hydroxylation is 2. The number of rotatable bonds is 2. The van der Waals surface area contributed by atoms with E-state index < -0.39 is 5.69 Å². The van der Waals surface area contributed by atoms with E-state index in [1.54, 1.807) is 38.1 Å². The Labute approximate surface area is 114 Å². The minimum Gasteiger partial charge on any atom is -0.310 e. The smallest absolute Gasteiger partial charge is 0.310 e. The van der Waals surface area contributed by atoms with Crippen molar-refractivity contribution in [2.75, 3.05) is 5.32 Å². The van der Waals surface area contributed by atoms with E-state index in [4.69, 9.17) is 11.6 Å². The molecule has 19 heavy (non-hydrogen) atoms. The third kappa shape index (κ3) is 3.20. The van der Waals surface area contributed by atoms with E-state index in [0.717, 1.165) is 5.56 Å². The van der Waals surface area contributed by atoms with Gasteiger partial charge in [-0.25, -0.2) is 4.79 Å². The molecule has 2 rings (SSSR count). The summed E-state index contributed by atoms with van der Waals surface area (Å²) in [6.45, 7) is 3.50. The van der Waals surface area contributed by atoms with E-state index in [-0.39, 0.29) is 11.7 Å². The maximum Gasteiger partial charge on any atom is 0.347 e. The molecule has 98 valence electrons. The second-order valence-corrected chi connectivity index (χ2v) is 4.60. The molecule has 2 N–H and O–H groups in total. The Kier molecular flexibility index (Phi) is 3.66. The van der Waals surface area contributed by atoms with Gasteiger partial charge in [0, 0.05) is 22.3 Å². The van der Waals surface area contributed by atoms with Gasteiger partial charge in [-0.1, -0.05) is 11.6 Å². The van der Waals surface area contributed by atoms with Gasteiger partial charge in [0.15, 0.2) is 0 Å². The van der Waals surface area contributed by atoms with Crippen molar-refractivity contribution in [3.05, 3.63) is 56.6 Å². The van der Waals surface area contributed by atoms with Crippen LogP contribution in [-0.4, -0.2) is 15.9 Å². The summed E-state index contributed by atoms with van der Waals surface area (Å²) in [5.41, 5.74) is 1.38. The Morgan fingerprint density at radius 1 is 1.32 bits per heavy atom.